The number of amides is 3. The summed E-state index contributed by atoms with van der Waals surface area (Å²) in [6, 6.07) is 9.22. The van der Waals surface area contributed by atoms with Crippen molar-refractivity contribution in [2.24, 2.45) is 0 Å². The van der Waals surface area contributed by atoms with E-state index < -0.39 is 6.03 Å². The molecule has 112 valence electrons. The van der Waals surface area contributed by atoms with Gasteiger partial charge in [0.15, 0.2) is 0 Å². The highest BCUT2D eigenvalue weighted by Crippen LogP contribution is 2.41. The van der Waals surface area contributed by atoms with Crippen molar-refractivity contribution in [3.05, 3.63) is 46.2 Å². The van der Waals surface area contributed by atoms with Gasteiger partial charge in [-0.1, -0.05) is 23.7 Å². The number of rotatable bonds is 3. The van der Waals surface area contributed by atoms with Gasteiger partial charge >= 0.3 is 6.03 Å². The summed E-state index contributed by atoms with van der Waals surface area (Å²) in [6.07, 6.45) is 0.906. The molecule has 3 amide bonds. The van der Waals surface area contributed by atoms with Gasteiger partial charge in [-0.15, -0.1) is 11.3 Å². The van der Waals surface area contributed by atoms with Crippen LogP contribution in [0.15, 0.2) is 35.7 Å². The fourth-order valence-electron chi connectivity index (χ4n) is 2.63. The molecule has 0 saturated heterocycles. The molecular formula is C15H15BN2O3S. The molecule has 3 rings (SSSR count). The van der Waals surface area contributed by atoms with Gasteiger partial charge < -0.3 is 10.1 Å². The van der Waals surface area contributed by atoms with Gasteiger partial charge in [-0.05, 0) is 17.5 Å². The zero-order valence-corrected chi connectivity index (χ0v) is 12.9. The summed E-state index contributed by atoms with van der Waals surface area (Å²) in [5.41, 5.74) is 2.04. The van der Waals surface area contributed by atoms with Crippen LogP contribution < -0.4 is 20.8 Å². The molecule has 2 N–H and O–H groups in total. The van der Waals surface area contributed by atoms with Crippen LogP contribution in [-0.4, -0.2) is 20.3 Å². The minimum Gasteiger partial charge on any atom is -0.484 e. The number of nitrogens with one attached hydrogen (secondary N) is 2. The van der Waals surface area contributed by atoms with Gasteiger partial charge in [-0.25, -0.2) is 4.79 Å². The Bertz CT molecular complexity index is 690. The maximum absolute atomic E-state index is 11.7. The Labute approximate surface area is 133 Å². The lowest BCUT2D eigenvalue weighted by molar-refractivity contribution is -0.108. The first-order valence-electron chi connectivity index (χ1n) is 6.98. The number of urea groups is 1. The van der Waals surface area contributed by atoms with Crippen molar-refractivity contribution < 1.29 is 14.3 Å². The Morgan fingerprint density at radius 2 is 2.27 bits per heavy atom. The minimum absolute atomic E-state index is 0.100. The zero-order chi connectivity index (χ0) is 15.5. The first kappa shape index (κ1) is 14.7. The van der Waals surface area contributed by atoms with E-state index in [-0.39, 0.29) is 12.1 Å². The molecule has 0 aliphatic carbocycles. The van der Waals surface area contributed by atoms with E-state index in [9.17, 15) is 9.59 Å². The molecule has 1 aromatic heterocycles. The van der Waals surface area contributed by atoms with Crippen molar-refractivity contribution in [1.29, 1.82) is 0 Å². The highest BCUT2D eigenvalue weighted by molar-refractivity contribution is 7.10. The molecule has 2 atom stereocenters. The van der Waals surface area contributed by atoms with Gasteiger partial charge in [0.2, 0.25) is 6.41 Å². The number of hydrogen-bond donors (Lipinski definition) is 2. The van der Waals surface area contributed by atoms with Crippen LogP contribution in [0, 0.1) is 0 Å². The van der Waals surface area contributed by atoms with Gasteiger partial charge in [0.05, 0.1) is 6.04 Å². The Hall–Kier alpha value is -2.28. The molecule has 2 aromatic rings. The highest BCUT2D eigenvalue weighted by Gasteiger charge is 2.30. The van der Waals surface area contributed by atoms with Crippen molar-refractivity contribution in [1.82, 2.24) is 10.6 Å². The molecule has 2 unspecified atom stereocenters. The normalized spacial score (nSPS) is 19.6. The predicted octanol–water partition coefficient (Wildman–Crippen LogP) is 1.03. The molecule has 0 fully saturated rings. The van der Waals surface area contributed by atoms with Crippen LogP contribution in [0.1, 0.15) is 29.0 Å². The van der Waals surface area contributed by atoms with Crippen LogP contribution in [0.5, 0.6) is 5.75 Å². The molecule has 22 heavy (non-hydrogen) atoms. The molecule has 1 aliphatic heterocycles. The number of benzene rings is 1. The number of fused-ring (bicyclic) bond motifs is 1. The number of ether oxygens (including phenoxy) is 1. The number of carbonyl (C=O) groups is 2. The topological polar surface area (TPSA) is 67.4 Å². The van der Waals surface area contributed by atoms with E-state index in [2.05, 4.69) is 10.6 Å². The first-order chi connectivity index (χ1) is 10.7. The molecule has 7 heteroatoms. The van der Waals surface area contributed by atoms with Crippen LogP contribution >= 0.6 is 11.3 Å². The Morgan fingerprint density at radius 1 is 1.41 bits per heavy atom. The van der Waals surface area contributed by atoms with E-state index in [0.29, 0.717) is 12.8 Å². The van der Waals surface area contributed by atoms with Crippen molar-refractivity contribution in [2.75, 3.05) is 0 Å². The minimum atomic E-state index is -0.501. The van der Waals surface area contributed by atoms with Crippen LogP contribution in [0.4, 0.5) is 4.79 Å². The van der Waals surface area contributed by atoms with Crippen LogP contribution in [0.3, 0.4) is 0 Å². The second-order valence-corrected chi connectivity index (χ2v) is 6.17. The SMILES string of the molecule is Bc1ccc2c(c1)C(NC(=O)NC=O)CC(c1cccs1)O2. The maximum Gasteiger partial charge on any atom is 0.321 e. The Morgan fingerprint density at radius 3 is 3.00 bits per heavy atom. The Kier molecular flexibility index (Phi) is 4.15. The third kappa shape index (κ3) is 2.99. The molecule has 1 aromatic carbocycles. The second kappa shape index (κ2) is 6.23. The largest absolute Gasteiger partial charge is 0.484 e. The summed E-state index contributed by atoms with van der Waals surface area (Å²) in [5.74, 6) is 0.770. The van der Waals surface area contributed by atoms with Crippen molar-refractivity contribution in [3.63, 3.8) is 0 Å². The van der Waals surface area contributed by atoms with E-state index in [1.54, 1.807) is 11.3 Å². The van der Waals surface area contributed by atoms with Gasteiger partial charge in [0.1, 0.15) is 19.7 Å². The van der Waals surface area contributed by atoms with Crippen molar-refractivity contribution >= 4 is 37.1 Å². The number of imide groups is 1. The number of carbonyl (C=O) groups excluding carboxylic acids is 2. The lowest BCUT2D eigenvalue weighted by atomic mass is 9.88. The van der Waals surface area contributed by atoms with Gasteiger partial charge in [-0.2, -0.15) is 0 Å². The fraction of sp³-hybridized carbons (Fsp3) is 0.200. The lowest BCUT2D eigenvalue weighted by Gasteiger charge is -2.32. The number of hydrogen-bond acceptors (Lipinski definition) is 4. The quantitative estimate of drug-likeness (QED) is 0.657. The molecule has 0 radical (unpaired) electrons. The van der Waals surface area contributed by atoms with Crippen molar-refractivity contribution in [2.45, 2.75) is 18.6 Å². The fourth-order valence-corrected chi connectivity index (χ4v) is 3.40. The second-order valence-electron chi connectivity index (χ2n) is 5.19. The van der Waals surface area contributed by atoms with E-state index in [0.717, 1.165) is 21.7 Å². The Balaban J connectivity index is 1.90. The van der Waals surface area contributed by atoms with Crippen LogP contribution in [-0.2, 0) is 4.79 Å². The molecule has 0 spiro atoms. The van der Waals surface area contributed by atoms with Gasteiger partial charge in [-0.3, -0.25) is 10.1 Å². The molecular weight excluding hydrogens is 299 g/mol. The van der Waals surface area contributed by atoms with E-state index >= 15 is 0 Å². The maximum atomic E-state index is 11.7. The summed E-state index contributed by atoms with van der Waals surface area (Å²) in [4.78, 5) is 23.2. The molecule has 0 saturated carbocycles. The van der Waals surface area contributed by atoms with Gasteiger partial charge in [0, 0.05) is 16.9 Å². The average Bonchev–Trinajstić information content (AvgIpc) is 3.02. The lowest BCUT2D eigenvalue weighted by Crippen LogP contribution is -2.39. The molecule has 1 aliphatic rings. The van der Waals surface area contributed by atoms with Crippen LogP contribution in [0.25, 0.3) is 0 Å². The molecule has 2 heterocycles. The third-order valence-corrected chi connectivity index (χ3v) is 4.58. The summed E-state index contributed by atoms with van der Waals surface area (Å²) in [6.45, 7) is 0. The molecule has 5 nitrogen and oxygen atoms in total. The van der Waals surface area contributed by atoms with E-state index in [4.69, 9.17) is 4.74 Å². The third-order valence-electron chi connectivity index (χ3n) is 3.62. The van der Waals surface area contributed by atoms with E-state index in [1.807, 2.05) is 43.6 Å². The highest BCUT2D eigenvalue weighted by atomic mass is 32.1. The van der Waals surface area contributed by atoms with E-state index in [1.165, 1.54) is 0 Å². The van der Waals surface area contributed by atoms with Gasteiger partial charge in [0.25, 0.3) is 0 Å². The summed E-state index contributed by atoms with van der Waals surface area (Å²) < 4.78 is 6.07. The standard InChI is InChI=1S/C15H15BN2O3S/c16-9-3-4-12-10(6-9)11(18-15(20)17-8-19)7-13(21-12)14-2-1-5-22-14/h1-6,8,11,13H,7,16H2,(H2,17,18,19,20). The summed E-state index contributed by atoms with van der Waals surface area (Å²) >= 11 is 1.63. The summed E-state index contributed by atoms with van der Waals surface area (Å²) in [7, 11) is 1.99. The zero-order valence-electron chi connectivity index (χ0n) is 12.0. The van der Waals surface area contributed by atoms with Crippen molar-refractivity contribution in [3.8, 4) is 5.75 Å². The summed E-state index contributed by atoms with van der Waals surface area (Å²) in [5, 5.41) is 6.96. The average molecular weight is 314 g/mol. The molecule has 0 bridgehead atoms. The predicted molar refractivity (Wildman–Crippen MR) is 87.4 cm³/mol. The number of thiophene rings is 1. The van der Waals surface area contributed by atoms with Crippen LogP contribution in [0.2, 0.25) is 0 Å². The smallest absolute Gasteiger partial charge is 0.321 e. The monoisotopic (exact) mass is 314 g/mol. The first-order valence-corrected chi connectivity index (χ1v) is 7.86.